The van der Waals surface area contributed by atoms with E-state index in [2.05, 4.69) is 4.98 Å². The SMILES string of the molecule is CN(C(=O)c1cc(Cl)c(Cl)[nH]1)c1ccccc1C(=O)O. The molecule has 0 unspecified atom stereocenters. The molecule has 0 aliphatic heterocycles. The van der Waals surface area contributed by atoms with Crippen LogP contribution in [0, 0.1) is 0 Å². The summed E-state index contributed by atoms with van der Waals surface area (Å²) < 4.78 is 0. The average molecular weight is 313 g/mol. The Bertz CT molecular complexity index is 663. The monoisotopic (exact) mass is 312 g/mol. The number of carboxylic acid groups (broad SMARTS) is 1. The second kappa shape index (κ2) is 5.56. The Balaban J connectivity index is 2.38. The predicted molar refractivity (Wildman–Crippen MR) is 76.9 cm³/mol. The highest BCUT2D eigenvalue weighted by molar-refractivity contribution is 6.41. The normalized spacial score (nSPS) is 10.3. The minimum Gasteiger partial charge on any atom is -0.478 e. The summed E-state index contributed by atoms with van der Waals surface area (Å²) in [5.41, 5.74) is 0.502. The van der Waals surface area contributed by atoms with Crippen LogP contribution >= 0.6 is 23.2 Å². The van der Waals surface area contributed by atoms with Crippen LogP contribution in [0.2, 0.25) is 10.2 Å². The van der Waals surface area contributed by atoms with Gasteiger partial charge in [0.05, 0.1) is 16.3 Å². The van der Waals surface area contributed by atoms with E-state index in [1.807, 2.05) is 0 Å². The van der Waals surface area contributed by atoms with E-state index >= 15 is 0 Å². The van der Waals surface area contributed by atoms with Gasteiger partial charge in [-0.1, -0.05) is 35.3 Å². The summed E-state index contributed by atoms with van der Waals surface area (Å²) in [5, 5.41) is 9.52. The van der Waals surface area contributed by atoms with Gasteiger partial charge in [-0.3, -0.25) is 4.79 Å². The van der Waals surface area contributed by atoms with Crippen molar-refractivity contribution in [3.05, 3.63) is 51.8 Å². The number of aromatic nitrogens is 1. The van der Waals surface area contributed by atoms with Crippen molar-refractivity contribution < 1.29 is 14.7 Å². The zero-order valence-electron chi connectivity index (χ0n) is 10.4. The molecule has 1 aromatic heterocycles. The number of carboxylic acids is 1. The van der Waals surface area contributed by atoms with Crippen LogP contribution < -0.4 is 4.90 Å². The molecule has 2 aromatic rings. The minimum absolute atomic E-state index is 0.0344. The first kappa shape index (κ1) is 14.4. The quantitative estimate of drug-likeness (QED) is 0.913. The van der Waals surface area contributed by atoms with Crippen LogP contribution in [-0.2, 0) is 0 Å². The summed E-state index contributed by atoms with van der Waals surface area (Å²) in [5.74, 6) is -1.55. The van der Waals surface area contributed by atoms with E-state index in [4.69, 9.17) is 28.3 Å². The third kappa shape index (κ3) is 2.64. The van der Waals surface area contributed by atoms with Crippen LogP contribution in [0.4, 0.5) is 5.69 Å². The van der Waals surface area contributed by atoms with Gasteiger partial charge in [0.2, 0.25) is 0 Å². The lowest BCUT2D eigenvalue weighted by Crippen LogP contribution is -2.28. The van der Waals surface area contributed by atoms with Gasteiger partial charge in [-0.2, -0.15) is 0 Å². The zero-order valence-corrected chi connectivity index (χ0v) is 11.9. The Morgan fingerprint density at radius 3 is 2.45 bits per heavy atom. The van der Waals surface area contributed by atoms with Crippen molar-refractivity contribution in [2.75, 3.05) is 11.9 Å². The molecule has 0 spiro atoms. The van der Waals surface area contributed by atoms with Crippen molar-refractivity contribution in [3.63, 3.8) is 0 Å². The highest BCUT2D eigenvalue weighted by Gasteiger charge is 2.21. The number of aromatic amines is 1. The van der Waals surface area contributed by atoms with E-state index < -0.39 is 11.9 Å². The number of aromatic carboxylic acids is 1. The first-order valence-electron chi connectivity index (χ1n) is 5.56. The third-order valence-corrected chi connectivity index (χ3v) is 3.45. The summed E-state index contributed by atoms with van der Waals surface area (Å²) in [6.07, 6.45) is 0. The fourth-order valence-electron chi connectivity index (χ4n) is 1.76. The maximum absolute atomic E-state index is 12.3. The number of anilines is 1. The summed E-state index contributed by atoms with van der Waals surface area (Å²) in [4.78, 5) is 27.3. The van der Waals surface area contributed by atoms with Gasteiger partial charge in [-0.15, -0.1) is 0 Å². The molecule has 1 heterocycles. The third-order valence-electron chi connectivity index (χ3n) is 2.76. The number of halogens is 2. The van der Waals surface area contributed by atoms with Gasteiger partial charge in [0.15, 0.2) is 0 Å². The molecule has 2 rings (SSSR count). The second-order valence-corrected chi connectivity index (χ2v) is 4.82. The van der Waals surface area contributed by atoms with Crippen molar-refractivity contribution in [1.29, 1.82) is 0 Å². The van der Waals surface area contributed by atoms with Crippen LogP contribution in [0.15, 0.2) is 30.3 Å². The largest absolute Gasteiger partial charge is 0.478 e. The number of benzene rings is 1. The molecular formula is C13H10Cl2N2O3. The molecule has 0 atom stereocenters. The van der Waals surface area contributed by atoms with Crippen LogP contribution in [0.5, 0.6) is 0 Å². The number of para-hydroxylation sites is 1. The molecule has 0 radical (unpaired) electrons. The van der Waals surface area contributed by atoms with Crippen molar-refractivity contribution in [2.24, 2.45) is 0 Å². The van der Waals surface area contributed by atoms with Gasteiger partial charge >= 0.3 is 5.97 Å². The van der Waals surface area contributed by atoms with E-state index in [0.717, 1.165) is 0 Å². The maximum Gasteiger partial charge on any atom is 0.337 e. The van der Waals surface area contributed by atoms with Gasteiger partial charge in [0.25, 0.3) is 5.91 Å². The van der Waals surface area contributed by atoms with E-state index in [1.165, 1.54) is 24.1 Å². The number of carbonyl (C=O) groups excluding carboxylic acids is 1. The number of hydrogen-bond donors (Lipinski definition) is 2. The number of nitrogens with zero attached hydrogens (tertiary/aromatic N) is 1. The summed E-state index contributed by atoms with van der Waals surface area (Å²) in [7, 11) is 1.48. The van der Waals surface area contributed by atoms with E-state index in [1.54, 1.807) is 18.2 Å². The fraction of sp³-hybridized carbons (Fsp3) is 0.0769. The minimum atomic E-state index is -1.11. The molecule has 104 valence electrons. The number of rotatable bonds is 3. The highest BCUT2D eigenvalue weighted by atomic mass is 35.5. The maximum atomic E-state index is 12.3. The number of H-pyrrole nitrogens is 1. The van der Waals surface area contributed by atoms with Crippen molar-refractivity contribution in [2.45, 2.75) is 0 Å². The molecule has 20 heavy (non-hydrogen) atoms. The molecule has 0 saturated heterocycles. The predicted octanol–water partition coefficient (Wildman–Crippen LogP) is 3.30. The number of amides is 1. The first-order chi connectivity index (χ1) is 9.41. The Labute approximate surface area is 124 Å². The van der Waals surface area contributed by atoms with Crippen LogP contribution in [-0.4, -0.2) is 29.0 Å². The molecule has 7 heteroatoms. The Morgan fingerprint density at radius 2 is 1.90 bits per heavy atom. The Hall–Kier alpha value is -1.98. The lowest BCUT2D eigenvalue weighted by atomic mass is 10.1. The Morgan fingerprint density at radius 1 is 1.25 bits per heavy atom. The van der Waals surface area contributed by atoms with Gasteiger partial charge in [-0.05, 0) is 18.2 Å². The molecule has 1 aromatic carbocycles. The molecule has 2 N–H and O–H groups in total. The van der Waals surface area contributed by atoms with Crippen molar-refractivity contribution in [1.82, 2.24) is 4.98 Å². The van der Waals surface area contributed by atoms with Crippen LogP contribution in [0.3, 0.4) is 0 Å². The second-order valence-electron chi connectivity index (χ2n) is 4.03. The lowest BCUT2D eigenvalue weighted by Gasteiger charge is -2.18. The fourth-order valence-corrected chi connectivity index (χ4v) is 2.07. The smallest absolute Gasteiger partial charge is 0.337 e. The number of hydrogen-bond acceptors (Lipinski definition) is 2. The Kier molecular flexibility index (Phi) is 4.01. The average Bonchev–Trinajstić information content (AvgIpc) is 2.77. The topological polar surface area (TPSA) is 73.4 Å². The molecule has 5 nitrogen and oxygen atoms in total. The summed E-state index contributed by atoms with van der Waals surface area (Å²) in [6.45, 7) is 0. The highest BCUT2D eigenvalue weighted by Crippen LogP contribution is 2.25. The molecule has 0 aliphatic carbocycles. The van der Waals surface area contributed by atoms with Crippen LogP contribution in [0.25, 0.3) is 0 Å². The first-order valence-corrected chi connectivity index (χ1v) is 6.31. The molecule has 0 saturated carbocycles. The van der Waals surface area contributed by atoms with E-state index in [9.17, 15) is 9.59 Å². The van der Waals surface area contributed by atoms with E-state index in [0.29, 0.717) is 0 Å². The van der Waals surface area contributed by atoms with Gasteiger partial charge < -0.3 is 15.0 Å². The van der Waals surface area contributed by atoms with Gasteiger partial charge in [0.1, 0.15) is 10.8 Å². The zero-order chi connectivity index (χ0) is 14.9. The standard InChI is InChI=1S/C13H10Cl2N2O3/c1-17(10-5-3-2-4-7(10)13(19)20)12(18)9-6-8(14)11(15)16-9/h2-6,16H,1H3,(H,19,20). The molecular weight excluding hydrogens is 303 g/mol. The van der Waals surface area contributed by atoms with Crippen LogP contribution in [0.1, 0.15) is 20.8 Å². The summed E-state index contributed by atoms with van der Waals surface area (Å²) in [6, 6.07) is 7.61. The van der Waals surface area contributed by atoms with Crippen molar-refractivity contribution in [3.8, 4) is 0 Å². The van der Waals surface area contributed by atoms with Crippen molar-refractivity contribution >= 4 is 40.8 Å². The number of nitrogens with one attached hydrogen (secondary N) is 1. The van der Waals surface area contributed by atoms with Gasteiger partial charge in [-0.25, -0.2) is 4.79 Å². The number of carbonyl (C=O) groups is 2. The van der Waals surface area contributed by atoms with Gasteiger partial charge in [0, 0.05) is 7.05 Å². The molecule has 1 amide bonds. The summed E-state index contributed by atoms with van der Waals surface area (Å²) >= 11 is 11.5. The molecule has 0 fully saturated rings. The lowest BCUT2D eigenvalue weighted by molar-refractivity contribution is 0.0697. The molecule has 0 aliphatic rings. The van der Waals surface area contributed by atoms with E-state index in [-0.39, 0.29) is 27.1 Å². The molecule has 0 bridgehead atoms.